The summed E-state index contributed by atoms with van der Waals surface area (Å²) >= 11 is 3.26. The minimum absolute atomic E-state index is 0.137. The van der Waals surface area contributed by atoms with Crippen molar-refractivity contribution in [3.8, 4) is 11.5 Å². The molecule has 0 fully saturated rings. The molecule has 0 aliphatic heterocycles. The lowest BCUT2D eigenvalue weighted by Gasteiger charge is -2.18. The summed E-state index contributed by atoms with van der Waals surface area (Å²) in [7, 11) is 0. The molecule has 0 saturated carbocycles. The van der Waals surface area contributed by atoms with Gasteiger partial charge in [-0.25, -0.2) is 4.98 Å². The minimum atomic E-state index is 0.137. The van der Waals surface area contributed by atoms with Crippen LogP contribution < -0.4 is 0 Å². The maximum Gasteiger partial charge on any atom is 0.277 e. The molecule has 0 atom stereocenters. The summed E-state index contributed by atoms with van der Waals surface area (Å²) in [5.74, 6) is 1.32. The Hall–Kier alpha value is -1.66. The first-order valence-electron chi connectivity index (χ1n) is 8.46. The monoisotopic (exact) mass is 373 g/mol. The first kappa shape index (κ1) is 18.1. The average Bonchev–Trinajstić information content (AvgIpc) is 3.22. The number of thioether (sulfide) groups is 1. The third-order valence-corrected chi connectivity index (χ3v) is 5.62. The van der Waals surface area contributed by atoms with E-state index < -0.39 is 0 Å². The van der Waals surface area contributed by atoms with Crippen LogP contribution in [0.1, 0.15) is 50.4 Å². The highest BCUT2D eigenvalue weighted by molar-refractivity contribution is 7.98. The molecule has 132 valence electrons. The molecule has 3 aromatic rings. The Morgan fingerprint density at radius 2 is 1.88 bits per heavy atom. The zero-order chi connectivity index (χ0) is 17.9. The highest BCUT2D eigenvalue weighted by Crippen LogP contribution is 2.28. The quantitative estimate of drug-likeness (QED) is 0.516. The third-order valence-electron chi connectivity index (χ3n) is 3.81. The molecule has 2 aromatic heterocycles. The summed E-state index contributed by atoms with van der Waals surface area (Å²) in [4.78, 5) is 4.62. The second-order valence-electron chi connectivity index (χ2n) is 6.97. The van der Waals surface area contributed by atoms with Crippen molar-refractivity contribution in [3.05, 3.63) is 45.9 Å². The van der Waals surface area contributed by atoms with Gasteiger partial charge >= 0.3 is 0 Å². The highest BCUT2D eigenvalue weighted by Gasteiger charge is 2.15. The zero-order valence-corrected chi connectivity index (χ0v) is 16.7. The molecule has 1 aromatic carbocycles. The Bertz CT molecular complexity index is 816. The molecule has 0 aliphatic carbocycles. The summed E-state index contributed by atoms with van der Waals surface area (Å²) < 4.78 is 5.79. The summed E-state index contributed by atoms with van der Waals surface area (Å²) in [6.07, 6.45) is 2.17. The number of aromatic nitrogens is 3. The highest BCUT2D eigenvalue weighted by atomic mass is 32.2. The molecular formula is C19H23N3OS2. The van der Waals surface area contributed by atoms with E-state index in [1.165, 1.54) is 22.3 Å². The SMILES string of the molecule is CCCc1nc(CSc2nnc(-c3ccc(C(C)(C)C)cc3)o2)cs1. The number of hydrogen-bond acceptors (Lipinski definition) is 6. The average molecular weight is 374 g/mol. The van der Waals surface area contributed by atoms with Crippen molar-refractivity contribution in [3.63, 3.8) is 0 Å². The molecular weight excluding hydrogens is 350 g/mol. The van der Waals surface area contributed by atoms with Crippen LogP contribution in [0.4, 0.5) is 0 Å². The van der Waals surface area contributed by atoms with E-state index in [1.807, 2.05) is 12.1 Å². The van der Waals surface area contributed by atoms with Crippen molar-refractivity contribution in [2.45, 2.75) is 56.9 Å². The normalized spacial score (nSPS) is 11.8. The summed E-state index contributed by atoms with van der Waals surface area (Å²) in [6, 6.07) is 8.33. The standard InChI is InChI=1S/C19H23N3OS2/c1-5-6-16-20-15(11-24-16)12-25-18-22-21-17(23-18)13-7-9-14(10-8-13)19(2,3)4/h7-11H,5-6,12H2,1-4H3. The number of benzene rings is 1. The van der Waals surface area contributed by atoms with Crippen molar-refractivity contribution in [2.75, 3.05) is 0 Å². The first-order valence-corrected chi connectivity index (χ1v) is 10.3. The van der Waals surface area contributed by atoms with Crippen LogP contribution in [0, 0.1) is 0 Å². The summed E-state index contributed by atoms with van der Waals surface area (Å²) in [5, 5.41) is 12.2. The van der Waals surface area contributed by atoms with Gasteiger partial charge in [-0.3, -0.25) is 0 Å². The largest absolute Gasteiger partial charge is 0.411 e. The van der Waals surface area contributed by atoms with E-state index in [1.54, 1.807) is 11.3 Å². The molecule has 25 heavy (non-hydrogen) atoms. The van der Waals surface area contributed by atoms with Crippen molar-refractivity contribution in [1.82, 2.24) is 15.2 Å². The van der Waals surface area contributed by atoms with Gasteiger partial charge in [0.25, 0.3) is 5.22 Å². The fraction of sp³-hybridized carbons (Fsp3) is 0.421. The van der Waals surface area contributed by atoms with Crippen molar-refractivity contribution >= 4 is 23.1 Å². The molecule has 0 saturated heterocycles. The molecule has 6 heteroatoms. The fourth-order valence-electron chi connectivity index (χ4n) is 2.38. The number of thiazole rings is 1. The molecule has 0 spiro atoms. The predicted octanol–water partition coefficient (Wildman–Crippen LogP) is 5.74. The number of aryl methyl sites for hydroxylation is 1. The molecule has 4 nitrogen and oxygen atoms in total. The van der Waals surface area contributed by atoms with Gasteiger partial charge in [0.05, 0.1) is 10.7 Å². The van der Waals surface area contributed by atoms with E-state index in [0.29, 0.717) is 11.1 Å². The molecule has 0 radical (unpaired) electrons. The molecule has 0 unspecified atom stereocenters. The van der Waals surface area contributed by atoms with Gasteiger partial charge < -0.3 is 4.42 Å². The molecule has 0 aliphatic rings. The van der Waals surface area contributed by atoms with Crippen LogP contribution >= 0.6 is 23.1 Å². The molecule has 2 heterocycles. The Morgan fingerprint density at radius 3 is 2.56 bits per heavy atom. The van der Waals surface area contributed by atoms with Crippen LogP contribution in [0.5, 0.6) is 0 Å². The van der Waals surface area contributed by atoms with Crippen LogP contribution in [0.2, 0.25) is 0 Å². The van der Waals surface area contributed by atoms with Gasteiger partial charge in [0, 0.05) is 16.7 Å². The number of hydrogen-bond donors (Lipinski definition) is 0. The maximum atomic E-state index is 5.79. The van der Waals surface area contributed by atoms with Gasteiger partial charge in [-0.15, -0.1) is 21.5 Å². The van der Waals surface area contributed by atoms with Crippen LogP contribution in [0.3, 0.4) is 0 Å². The van der Waals surface area contributed by atoms with Crippen LogP contribution in [0.25, 0.3) is 11.5 Å². The van der Waals surface area contributed by atoms with Gasteiger partial charge in [-0.05, 0) is 36.0 Å². The Morgan fingerprint density at radius 1 is 1.12 bits per heavy atom. The van der Waals surface area contributed by atoms with Gasteiger partial charge in [0.1, 0.15) is 0 Å². The van der Waals surface area contributed by atoms with E-state index in [9.17, 15) is 0 Å². The van der Waals surface area contributed by atoms with Crippen molar-refractivity contribution in [2.24, 2.45) is 0 Å². The zero-order valence-electron chi connectivity index (χ0n) is 15.1. The Labute approximate surface area is 157 Å². The lowest BCUT2D eigenvalue weighted by atomic mass is 9.87. The van der Waals surface area contributed by atoms with Crippen molar-refractivity contribution < 1.29 is 4.42 Å². The van der Waals surface area contributed by atoms with Gasteiger partial charge in [0.15, 0.2) is 0 Å². The van der Waals surface area contributed by atoms with E-state index >= 15 is 0 Å². The van der Waals surface area contributed by atoms with E-state index in [-0.39, 0.29) is 5.41 Å². The van der Waals surface area contributed by atoms with Crippen LogP contribution in [-0.2, 0) is 17.6 Å². The van der Waals surface area contributed by atoms with Gasteiger partial charge in [-0.1, -0.05) is 51.6 Å². The smallest absolute Gasteiger partial charge is 0.277 e. The maximum absolute atomic E-state index is 5.79. The summed E-state index contributed by atoms with van der Waals surface area (Å²) in [5.41, 5.74) is 3.45. The number of rotatable bonds is 6. The van der Waals surface area contributed by atoms with Gasteiger partial charge in [-0.2, -0.15) is 0 Å². The lowest BCUT2D eigenvalue weighted by Crippen LogP contribution is -2.10. The predicted molar refractivity (Wildman–Crippen MR) is 104 cm³/mol. The lowest BCUT2D eigenvalue weighted by molar-refractivity contribution is 0.465. The number of nitrogens with zero attached hydrogens (tertiary/aromatic N) is 3. The molecule has 0 bridgehead atoms. The second-order valence-corrected chi connectivity index (χ2v) is 8.84. The van der Waals surface area contributed by atoms with E-state index in [4.69, 9.17) is 4.42 Å². The molecule has 0 amide bonds. The fourth-order valence-corrected chi connectivity index (χ4v) is 4.04. The van der Waals surface area contributed by atoms with E-state index in [0.717, 1.165) is 29.9 Å². The summed E-state index contributed by atoms with van der Waals surface area (Å²) in [6.45, 7) is 8.78. The van der Waals surface area contributed by atoms with E-state index in [2.05, 4.69) is 60.4 Å². The topological polar surface area (TPSA) is 51.8 Å². The first-order chi connectivity index (χ1) is 12.0. The van der Waals surface area contributed by atoms with Gasteiger partial charge in [0.2, 0.25) is 5.89 Å². The Kier molecular flexibility index (Phi) is 5.59. The van der Waals surface area contributed by atoms with Crippen molar-refractivity contribution in [1.29, 1.82) is 0 Å². The van der Waals surface area contributed by atoms with Crippen LogP contribution in [0.15, 0.2) is 39.3 Å². The second kappa shape index (κ2) is 7.70. The third kappa shape index (κ3) is 4.70. The minimum Gasteiger partial charge on any atom is -0.411 e. The molecule has 0 N–H and O–H groups in total. The molecule has 3 rings (SSSR count). The Balaban J connectivity index is 1.63. The van der Waals surface area contributed by atoms with Crippen LogP contribution in [-0.4, -0.2) is 15.2 Å².